The minimum absolute atomic E-state index is 0.00705. The molecule has 0 fully saturated rings. The Balaban J connectivity index is 3.80. The van der Waals surface area contributed by atoms with E-state index in [1.165, 1.54) is 0 Å². The quantitative estimate of drug-likeness (QED) is 0.601. The first-order valence-electron chi connectivity index (χ1n) is 3.95. The molecule has 0 aromatic rings. The van der Waals surface area contributed by atoms with Gasteiger partial charge in [0.1, 0.15) is 5.88 Å². The topological polar surface area (TPSA) is 20.3 Å². The molecule has 0 bridgehead atoms. The number of rotatable bonds is 4. The van der Waals surface area contributed by atoms with Crippen molar-refractivity contribution in [3.05, 3.63) is 0 Å². The SMILES string of the molecule is CCCC(C)N(C)C(=O)CCl. The molecule has 0 spiro atoms. The Morgan fingerprint density at radius 1 is 1.64 bits per heavy atom. The number of nitrogens with zero attached hydrogens (tertiary/aromatic N) is 1. The fourth-order valence-corrected chi connectivity index (χ4v) is 1.14. The minimum atomic E-state index is 0.00705. The van der Waals surface area contributed by atoms with Crippen molar-refractivity contribution in [2.45, 2.75) is 32.7 Å². The van der Waals surface area contributed by atoms with Gasteiger partial charge >= 0.3 is 0 Å². The number of halogens is 1. The lowest BCUT2D eigenvalue weighted by Gasteiger charge is -2.23. The number of carbonyl (C=O) groups excluding carboxylic acids is 1. The van der Waals surface area contributed by atoms with Crippen molar-refractivity contribution in [2.24, 2.45) is 0 Å². The summed E-state index contributed by atoms with van der Waals surface area (Å²) in [5, 5.41) is 0. The van der Waals surface area contributed by atoms with Crippen LogP contribution in [-0.4, -0.2) is 29.8 Å². The van der Waals surface area contributed by atoms with Crippen molar-refractivity contribution in [3.63, 3.8) is 0 Å². The molecule has 1 amide bonds. The van der Waals surface area contributed by atoms with Crippen molar-refractivity contribution in [3.8, 4) is 0 Å². The third-order valence-electron chi connectivity index (χ3n) is 1.88. The van der Waals surface area contributed by atoms with Gasteiger partial charge in [-0.15, -0.1) is 11.6 Å². The predicted molar refractivity (Wildman–Crippen MR) is 47.9 cm³/mol. The second-order valence-corrected chi connectivity index (χ2v) is 3.04. The summed E-state index contributed by atoms with van der Waals surface area (Å²) in [6, 6.07) is 0.311. The minimum Gasteiger partial charge on any atom is -0.342 e. The summed E-state index contributed by atoms with van der Waals surface area (Å²) in [5.41, 5.74) is 0. The van der Waals surface area contributed by atoms with Gasteiger partial charge in [0.25, 0.3) is 0 Å². The smallest absolute Gasteiger partial charge is 0.237 e. The highest BCUT2D eigenvalue weighted by atomic mass is 35.5. The number of carbonyl (C=O) groups is 1. The molecule has 1 atom stereocenters. The molecular formula is C8H16ClNO. The van der Waals surface area contributed by atoms with Crippen molar-refractivity contribution < 1.29 is 4.79 Å². The summed E-state index contributed by atoms with van der Waals surface area (Å²) in [4.78, 5) is 12.7. The molecule has 0 aromatic heterocycles. The molecule has 0 saturated heterocycles. The van der Waals surface area contributed by atoms with E-state index in [2.05, 4.69) is 6.92 Å². The largest absolute Gasteiger partial charge is 0.342 e. The van der Waals surface area contributed by atoms with Gasteiger partial charge in [0.15, 0.2) is 0 Å². The van der Waals surface area contributed by atoms with Crippen LogP contribution in [0, 0.1) is 0 Å². The zero-order valence-corrected chi connectivity index (χ0v) is 8.19. The second kappa shape index (κ2) is 5.42. The summed E-state index contributed by atoms with van der Waals surface area (Å²) < 4.78 is 0. The van der Waals surface area contributed by atoms with Gasteiger partial charge in [-0.05, 0) is 13.3 Å². The maximum atomic E-state index is 11.0. The van der Waals surface area contributed by atoms with E-state index in [1.807, 2.05) is 6.92 Å². The van der Waals surface area contributed by atoms with Crippen LogP contribution >= 0.6 is 11.6 Å². The lowest BCUT2D eigenvalue weighted by Crippen LogP contribution is -2.35. The first-order chi connectivity index (χ1) is 5.13. The molecule has 3 heteroatoms. The third kappa shape index (κ3) is 3.61. The van der Waals surface area contributed by atoms with Gasteiger partial charge in [0.2, 0.25) is 5.91 Å². The van der Waals surface area contributed by atoms with Crippen molar-refractivity contribution in [2.75, 3.05) is 12.9 Å². The van der Waals surface area contributed by atoms with Crippen LogP contribution in [0.2, 0.25) is 0 Å². The molecule has 0 saturated carbocycles. The van der Waals surface area contributed by atoms with Crippen LogP contribution in [0.15, 0.2) is 0 Å². The van der Waals surface area contributed by atoms with Gasteiger partial charge in [0.05, 0.1) is 0 Å². The number of amides is 1. The van der Waals surface area contributed by atoms with E-state index in [0.29, 0.717) is 6.04 Å². The number of alkyl halides is 1. The molecule has 66 valence electrons. The molecule has 11 heavy (non-hydrogen) atoms. The fraction of sp³-hybridized carbons (Fsp3) is 0.875. The van der Waals surface area contributed by atoms with Crippen LogP contribution < -0.4 is 0 Å². The van der Waals surface area contributed by atoms with Crippen LogP contribution in [-0.2, 0) is 4.79 Å². The van der Waals surface area contributed by atoms with Crippen molar-refractivity contribution in [1.29, 1.82) is 0 Å². The Hall–Kier alpha value is -0.240. The van der Waals surface area contributed by atoms with E-state index in [9.17, 15) is 4.79 Å². The van der Waals surface area contributed by atoms with E-state index in [-0.39, 0.29) is 11.8 Å². The Bertz CT molecular complexity index is 127. The van der Waals surface area contributed by atoms with E-state index >= 15 is 0 Å². The first kappa shape index (κ1) is 10.8. The highest BCUT2D eigenvalue weighted by molar-refractivity contribution is 6.27. The molecule has 0 aliphatic rings. The first-order valence-corrected chi connectivity index (χ1v) is 4.48. The maximum Gasteiger partial charge on any atom is 0.237 e. The van der Waals surface area contributed by atoms with Crippen molar-refractivity contribution in [1.82, 2.24) is 4.90 Å². The second-order valence-electron chi connectivity index (χ2n) is 2.78. The number of hydrogen-bond acceptors (Lipinski definition) is 1. The standard InChI is InChI=1S/C8H16ClNO/c1-4-5-7(2)10(3)8(11)6-9/h7H,4-6H2,1-3H3. The molecule has 0 N–H and O–H groups in total. The summed E-state index contributed by atoms with van der Waals surface area (Å²) in [7, 11) is 1.80. The zero-order valence-electron chi connectivity index (χ0n) is 7.43. The zero-order chi connectivity index (χ0) is 8.85. The molecule has 0 aliphatic carbocycles. The summed E-state index contributed by atoms with van der Waals surface area (Å²) in [6.45, 7) is 4.14. The maximum absolute atomic E-state index is 11.0. The molecule has 0 heterocycles. The highest BCUT2D eigenvalue weighted by Gasteiger charge is 2.12. The Morgan fingerprint density at radius 2 is 2.18 bits per heavy atom. The lowest BCUT2D eigenvalue weighted by atomic mass is 10.2. The van der Waals surface area contributed by atoms with Crippen LogP contribution in [0.1, 0.15) is 26.7 Å². The summed E-state index contributed by atoms with van der Waals surface area (Å²) in [5.74, 6) is 0.0949. The fourth-order valence-electron chi connectivity index (χ4n) is 0.951. The molecule has 2 nitrogen and oxygen atoms in total. The van der Waals surface area contributed by atoms with Gasteiger partial charge in [-0.3, -0.25) is 4.79 Å². The predicted octanol–water partition coefficient (Wildman–Crippen LogP) is 1.87. The lowest BCUT2D eigenvalue weighted by molar-refractivity contribution is -0.129. The van der Waals surface area contributed by atoms with Crippen LogP contribution in [0.4, 0.5) is 0 Å². The average Bonchev–Trinajstić information content (AvgIpc) is 2.02. The van der Waals surface area contributed by atoms with Gasteiger partial charge < -0.3 is 4.90 Å². The van der Waals surface area contributed by atoms with E-state index < -0.39 is 0 Å². The monoisotopic (exact) mass is 177 g/mol. The molecule has 0 rings (SSSR count). The van der Waals surface area contributed by atoms with Crippen LogP contribution in [0.3, 0.4) is 0 Å². The van der Waals surface area contributed by atoms with Gasteiger partial charge in [-0.2, -0.15) is 0 Å². The van der Waals surface area contributed by atoms with Crippen molar-refractivity contribution >= 4 is 17.5 Å². The van der Waals surface area contributed by atoms with Crippen LogP contribution in [0.5, 0.6) is 0 Å². The van der Waals surface area contributed by atoms with Gasteiger partial charge in [-0.1, -0.05) is 13.3 Å². The number of hydrogen-bond donors (Lipinski definition) is 0. The van der Waals surface area contributed by atoms with Gasteiger partial charge in [0, 0.05) is 13.1 Å². The third-order valence-corrected chi connectivity index (χ3v) is 2.10. The molecule has 1 unspecified atom stereocenters. The Kier molecular flexibility index (Phi) is 5.30. The Morgan fingerprint density at radius 3 is 2.55 bits per heavy atom. The van der Waals surface area contributed by atoms with E-state index in [0.717, 1.165) is 12.8 Å². The normalized spacial score (nSPS) is 12.7. The summed E-state index contributed by atoms with van der Waals surface area (Å²) >= 11 is 5.40. The summed E-state index contributed by atoms with van der Waals surface area (Å²) in [6.07, 6.45) is 2.14. The molecule has 0 aliphatic heterocycles. The van der Waals surface area contributed by atoms with E-state index in [4.69, 9.17) is 11.6 Å². The molecule has 0 aromatic carbocycles. The van der Waals surface area contributed by atoms with Crippen LogP contribution in [0.25, 0.3) is 0 Å². The molecular weight excluding hydrogens is 162 g/mol. The molecule has 0 radical (unpaired) electrons. The van der Waals surface area contributed by atoms with E-state index in [1.54, 1.807) is 11.9 Å². The van der Waals surface area contributed by atoms with Gasteiger partial charge in [-0.25, -0.2) is 0 Å². The highest BCUT2D eigenvalue weighted by Crippen LogP contribution is 2.04. The average molecular weight is 178 g/mol. The Labute approximate surface area is 73.5 Å².